The molecule has 4 atom stereocenters. The van der Waals surface area contributed by atoms with Crippen LogP contribution in [0.25, 0.3) is 11.1 Å². The van der Waals surface area contributed by atoms with Gasteiger partial charge in [0.1, 0.15) is 25.0 Å². The first-order valence-electron chi connectivity index (χ1n) is 9.73. The second-order valence-electron chi connectivity index (χ2n) is 8.47. The molecule has 3 rings (SSSR count). The molecule has 1 unspecified atom stereocenters. The fraction of sp³-hybridized carbons (Fsp3) is 0.478. The van der Waals surface area contributed by atoms with Crippen LogP contribution in [0.5, 0.6) is 5.75 Å². The van der Waals surface area contributed by atoms with Crippen LogP contribution in [-0.4, -0.2) is 49.0 Å². The lowest BCUT2D eigenvalue weighted by molar-refractivity contribution is -0.923. The Balaban J connectivity index is 1.52. The van der Waals surface area contributed by atoms with E-state index in [1.807, 2.05) is 30.3 Å². The maximum Gasteiger partial charge on any atom is 0.137 e. The van der Waals surface area contributed by atoms with Crippen LogP contribution in [0.15, 0.2) is 54.6 Å². The van der Waals surface area contributed by atoms with E-state index < -0.39 is 6.10 Å². The molecule has 0 aliphatic carbocycles. The van der Waals surface area contributed by atoms with E-state index in [2.05, 4.69) is 45.2 Å². The van der Waals surface area contributed by atoms with Gasteiger partial charge in [0.2, 0.25) is 0 Å². The lowest BCUT2D eigenvalue weighted by Crippen LogP contribution is -2.57. The largest absolute Gasteiger partial charge is 0.491 e. The SMILES string of the molecule is C[C@@H]1C[C@H](C)C[N+](C)(C[C@@H](O)COc2ccc(-c3ccccc3)cc2)C1. The molecule has 0 radical (unpaired) electrons. The summed E-state index contributed by atoms with van der Waals surface area (Å²) in [5.74, 6) is 2.26. The average Bonchev–Trinajstić information content (AvgIpc) is 2.59. The molecule has 3 heteroatoms. The number of benzene rings is 2. The highest BCUT2D eigenvalue weighted by molar-refractivity contribution is 5.63. The molecule has 26 heavy (non-hydrogen) atoms. The smallest absolute Gasteiger partial charge is 0.137 e. The van der Waals surface area contributed by atoms with Crippen LogP contribution in [0.1, 0.15) is 20.3 Å². The first-order chi connectivity index (χ1) is 12.4. The van der Waals surface area contributed by atoms with Crippen LogP contribution < -0.4 is 4.74 Å². The van der Waals surface area contributed by atoms with E-state index in [4.69, 9.17) is 4.74 Å². The van der Waals surface area contributed by atoms with Gasteiger partial charge in [-0.05, 0) is 29.7 Å². The summed E-state index contributed by atoms with van der Waals surface area (Å²) in [5, 5.41) is 10.5. The van der Waals surface area contributed by atoms with E-state index in [0.717, 1.165) is 41.7 Å². The fourth-order valence-electron chi connectivity index (χ4n) is 4.69. The third-order valence-corrected chi connectivity index (χ3v) is 5.36. The van der Waals surface area contributed by atoms with Crippen molar-refractivity contribution in [3.05, 3.63) is 54.6 Å². The minimum absolute atomic E-state index is 0.348. The number of aliphatic hydroxyl groups is 1. The average molecular weight is 355 g/mol. The molecule has 0 amide bonds. The molecule has 1 saturated heterocycles. The molecule has 2 aromatic carbocycles. The zero-order chi connectivity index (χ0) is 18.6. The lowest BCUT2D eigenvalue weighted by atomic mass is 9.90. The molecule has 1 aliphatic heterocycles. The van der Waals surface area contributed by atoms with Gasteiger partial charge in [-0.3, -0.25) is 0 Å². The Hall–Kier alpha value is -1.84. The second-order valence-corrected chi connectivity index (χ2v) is 8.47. The third-order valence-electron chi connectivity index (χ3n) is 5.36. The number of nitrogens with zero attached hydrogens (tertiary/aromatic N) is 1. The highest BCUT2D eigenvalue weighted by Gasteiger charge is 2.34. The zero-order valence-electron chi connectivity index (χ0n) is 16.3. The number of rotatable bonds is 6. The number of ether oxygens (including phenoxy) is 1. The van der Waals surface area contributed by atoms with Crippen molar-refractivity contribution < 1.29 is 14.3 Å². The summed E-state index contributed by atoms with van der Waals surface area (Å²) in [4.78, 5) is 0. The molecule has 0 aromatic heterocycles. The van der Waals surface area contributed by atoms with Crippen LogP contribution in [0, 0.1) is 11.8 Å². The van der Waals surface area contributed by atoms with Gasteiger partial charge in [-0.2, -0.15) is 0 Å². The predicted molar refractivity (Wildman–Crippen MR) is 107 cm³/mol. The van der Waals surface area contributed by atoms with Gasteiger partial charge >= 0.3 is 0 Å². The molecular formula is C23H32NO2+. The number of likely N-dealkylation sites (tertiary alicyclic amines) is 1. The summed E-state index contributed by atoms with van der Waals surface area (Å²) >= 11 is 0. The molecule has 2 aromatic rings. The van der Waals surface area contributed by atoms with Gasteiger partial charge in [-0.15, -0.1) is 0 Å². The Labute approximate surface area is 157 Å². The summed E-state index contributed by atoms with van der Waals surface area (Å²) in [6, 6.07) is 18.4. The molecule has 140 valence electrons. The number of hydrogen-bond donors (Lipinski definition) is 1. The minimum atomic E-state index is -0.439. The summed E-state index contributed by atoms with van der Waals surface area (Å²) in [6.07, 6.45) is 0.861. The second kappa shape index (κ2) is 8.24. The van der Waals surface area contributed by atoms with Crippen LogP contribution in [0.2, 0.25) is 0 Å². The van der Waals surface area contributed by atoms with Gasteiger partial charge < -0.3 is 14.3 Å². The Bertz CT molecular complexity index is 673. The molecule has 1 N–H and O–H groups in total. The summed E-state index contributed by atoms with van der Waals surface area (Å²) in [5.41, 5.74) is 2.37. The molecule has 0 saturated carbocycles. The predicted octanol–water partition coefficient (Wildman–Crippen LogP) is 4.22. The van der Waals surface area contributed by atoms with Crippen LogP contribution in [-0.2, 0) is 0 Å². The van der Waals surface area contributed by atoms with Gasteiger partial charge in [0.25, 0.3) is 0 Å². The van der Waals surface area contributed by atoms with Gasteiger partial charge in [0, 0.05) is 11.8 Å². The van der Waals surface area contributed by atoms with Crippen molar-refractivity contribution in [1.29, 1.82) is 0 Å². The summed E-state index contributed by atoms with van der Waals surface area (Å²) in [6.45, 7) is 8.05. The molecule has 0 spiro atoms. The van der Waals surface area contributed by atoms with Crippen molar-refractivity contribution >= 4 is 0 Å². The first kappa shape index (κ1) is 18.9. The van der Waals surface area contributed by atoms with Gasteiger partial charge in [-0.1, -0.05) is 56.3 Å². The van der Waals surface area contributed by atoms with Crippen molar-refractivity contribution in [1.82, 2.24) is 0 Å². The Kier molecular flexibility index (Phi) is 6.00. The Morgan fingerprint density at radius 1 is 0.962 bits per heavy atom. The van der Waals surface area contributed by atoms with Gasteiger partial charge in [0.05, 0.1) is 20.1 Å². The standard InChI is InChI=1S/C23H32NO2/c1-18-13-19(2)15-24(3,14-18)16-22(25)17-26-23-11-9-21(10-12-23)20-7-5-4-6-8-20/h4-12,18-19,22,25H,13-17H2,1-3H3/q+1/t18-,19+,22-,24?/m1/s1. The van der Waals surface area contributed by atoms with E-state index in [9.17, 15) is 5.11 Å². The van der Waals surface area contributed by atoms with E-state index >= 15 is 0 Å². The first-order valence-corrected chi connectivity index (χ1v) is 9.73. The summed E-state index contributed by atoms with van der Waals surface area (Å²) < 4.78 is 6.78. The lowest BCUT2D eigenvalue weighted by Gasteiger charge is -2.44. The number of likely N-dealkylation sites (N-methyl/N-ethyl adjacent to an activating group) is 1. The number of aliphatic hydroxyl groups excluding tert-OH is 1. The zero-order valence-corrected chi connectivity index (χ0v) is 16.3. The molecule has 1 heterocycles. The number of quaternary nitrogens is 1. The van der Waals surface area contributed by atoms with Crippen molar-refractivity contribution in [2.24, 2.45) is 11.8 Å². The highest BCUT2D eigenvalue weighted by atomic mass is 16.5. The maximum atomic E-state index is 10.5. The normalized spacial score (nSPS) is 27.1. The maximum absolute atomic E-state index is 10.5. The topological polar surface area (TPSA) is 29.5 Å². The molecule has 0 bridgehead atoms. The third kappa shape index (κ3) is 5.09. The number of hydrogen-bond acceptors (Lipinski definition) is 2. The van der Waals surface area contributed by atoms with Crippen molar-refractivity contribution in [2.75, 3.05) is 33.3 Å². The highest BCUT2D eigenvalue weighted by Crippen LogP contribution is 2.26. The van der Waals surface area contributed by atoms with Crippen LogP contribution >= 0.6 is 0 Å². The molecular weight excluding hydrogens is 322 g/mol. The van der Waals surface area contributed by atoms with Crippen LogP contribution in [0.3, 0.4) is 0 Å². The van der Waals surface area contributed by atoms with Crippen LogP contribution in [0.4, 0.5) is 0 Å². The monoisotopic (exact) mass is 354 g/mol. The minimum Gasteiger partial charge on any atom is -0.491 e. The van der Waals surface area contributed by atoms with Crippen molar-refractivity contribution in [3.8, 4) is 16.9 Å². The van der Waals surface area contributed by atoms with Crippen molar-refractivity contribution in [3.63, 3.8) is 0 Å². The molecule has 1 fully saturated rings. The van der Waals surface area contributed by atoms with E-state index in [0.29, 0.717) is 6.61 Å². The van der Waals surface area contributed by atoms with E-state index in [-0.39, 0.29) is 0 Å². The Morgan fingerprint density at radius 3 is 2.15 bits per heavy atom. The fourth-order valence-corrected chi connectivity index (χ4v) is 4.69. The summed E-state index contributed by atoms with van der Waals surface area (Å²) in [7, 11) is 2.27. The van der Waals surface area contributed by atoms with Crippen molar-refractivity contribution in [2.45, 2.75) is 26.4 Å². The van der Waals surface area contributed by atoms with E-state index in [1.165, 1.54) is 17.5 Å². The Morgan fingerprint density at radius 2 is 1.54 bits per heavy atom. The molecule has 1 aliphatic rings. The van der Waals surface area contributed by atoms with Gasteiger partial charge in [-0.25, -0.2) is 0 Å². The van der Waals surface area contributed by atoms with E-state index in [1.54, 1.807) is 0 Å². The molecule has 3 nitrogen and oxygen atoms in total. The van der Waals surface area contributed by atoms with Gasteiger partial charge in [0.15, 0.2) is 0 Å². The quantitative estimate of drug-likeness (QED) is 0.787. The number of piperidine rings is 1.